The number of carbonyl (C=O) groups excluding carboxylic acids is 1. The van der Waals surface area contributed by atoms with Crippen LogP contribution in [0.4, 0.5) is 0 Å². The number of primary amides is 1. The van der Waals surface area contributed by atoms with Crippen LogP contribution in [-0.4, -0.2) is 48.1 Å². The first-order valence-corrected chi connectivity index (χ1v) is 11.9. The van der Waals surface area contributed by atoms with Gasteiger partial charge in [-0.2, -0.15) is 0 Å². The molecule has 7 nitrogen and oxygen atoms in total. The number of allylic oxidation sites excluding steroid dienone is 2. The van der Waals surface area contributed by atoms with Gasteiger partial charge >= 0.3 is 0 Å². The summed E-state index contributed by atoms with van der Waals surface area (Å²) in [5, 5.41) is 13.9. The number of nitrogens with two attached hydrogens (primary N) is 1. The molecule has 7 heteroatoms. The highest BCUT2D eigenvalue weighted by Crippen LogP contribution is 2.30. The van der Waals surface area contributed by atoms with Crippen LogP contribution in [0, 0.1) is 5.92 Å². The summed E-state index contributed by atoms with van der Waals surface area (Å²) >= 11 is 0. The van der Waals surface area contributed by atoms with Crippen molar-refractivity contribution in [3.63, 3.8) is 0 Å². The third-order valence-electron chi connectivity index (χ3n) is 6.19. The van der Waals surface area contributed by atoms with Crippen LogP contribution in [0.15, 0.2) is 77.5 Å². The molecule has 0 fully saturated rings. The molecule has 2 aromatic rings. The molecule has 4 N–H and O–H groups in total. The van der Waals surface area contributed by atoms with Gasteiger partial charge in [0.2, 0.25) is 5.91 Å². The first-order valence-electron chi connectivity index (χ1n) is 11.9. The van der Waals surface area contributed by atoms with Gasteiger partial charge in [-0.25, -0.2) is 0 Å². The van der Waals surface area contributed by atoms with E-state index in [1.54, 1.807) is 24.3 Å². The highest BCUT2D eigenvalue weighted by Gasteiger charge is 2.29. The van der Waals surface area contributed by atoms with Crippen LogP contribution in [0.5, 0.6) is 11.5 Å². The number of ether oxygens (including phenoxy) is 2. The molecule has 1 heterocycles. The molecule has 0 spiro atoms. The van der Waals surface area contributed by atoms with Crippen LogP contribution in [-0.2, 0) is 11.2 Å². The van der Waals surface area contributed by atoms with E-state index in [1.165, 1.54) is 0 Å². The standard InChI is InChI=1S/C28H33N3O4/c1-28(2,31-17-21(32)18-34-26-5-3-4-25-24(26)14-15-30-25)16-19-6-10-22(11-7-19)35-23-12-8-20(9-13-23)27(29)33/h3-13,15,21,24-25,31-32H,14,16-18H2,1-2H3,(H2,29,33)/t21-,24?,25?/m0/s1. The quantitative estimate of drug-likeness (QED) is 0.459. The molecule has 0 saturated carbocycles. The zero-order valence-electron chi connectivity index (χ0n) is 20.2. The summed E-state index contributed by atoms with van der Waals surface area (Å²) in [5.41, 5.74) is 6.65. The minimum absolute atomic E-state index is 0.170. The molecule has 1 amide bonds. The van der Waals surface area contributed by atoms with Crippen molar-refractivity contribution in [1.29, 1.82) is 0 Å². The Kier molecular flexibility index (Phi) is 7.68. The van der Waals surface area contributed by atoms with Crippen molar-refractivity contribution in [3.8, 4) is 11.5 Å². The van der Waals surface area contributed by atoms with Crippen molar-refractivity contribution in [2.45, 2.75) is 44.4 Å². The third-order valence-corrected chi connectivity index (χ3v) is 6.19. The fourth-order valence-electron chi connectivity index (χ4n) is 4.27. The van der Waals surface area contributed by atoms with Gasteiger partial charge in [0.05, 0.1) is 6.04 Å². The third kappa shape index (κ3) is 6.81. The second kappa shape index (κ2) is 10.9. The van der Waals surface area contributed by atoms with Crippen LogP contribution in [0.1, 0.15) is 36.2 Å². The molecule has 1 aliphatic heterocycles. The van der Waals surface area contributed by atoms with Gasteiger partial charge in [-0.3, -0.25) is 9.79 Å². The lowest BCUT2D eigenvalue weighted by molar-refractivity contribution is 0.0555. The summed E-state index contributed by atoms with van der Waals surface area (Å²) in [5.74, 6) is 2.05. The summed E-state index contributed by atoms with van der Waals surface area (Å²) < 4.78 is 11.8. The summed E-state index contributed by atoms with van der Waals surface area (Å²) in [4.78, 5) is 15.6. The molecule has 2 aliphatic rings. The summed E-state index contributed by atoms with van der Waals surface area (Å²) in [6.07, 6.45) is 9.04. The number of nitrogens with one attached hydrogen (secondary N) is 1. The maximum Gasteiger partial charge on any atom is 0.248 e. The monoisotopic (exact) mass is 475 g/mol. The number of rotatable bonds is 11. The number of amides is 1. The van der Waals surface area contributed by atoms with Gasteiger partial charge in [-0.05, 0) is 74.7 Å². The van der Waals surface area contributed by atoms with E-state index in [4.69, 9.17) is 15.2 Å². The number of aliphatic imine (C=N–C) groups is 1. The van der Waals surface area contributed by atoms with Crippen LogP contribution in [0.3, 0.4) is 0 Å². The number of fused-ring (bicyclic) bond motifs is 1. The van der Waals surface area contributed by atoms with Gasteiger partial charge < -0.3 is 25.6 Å². The molecular formula is C28H33N3O4. The van der Waals surface area contributed by atoms with Crippen LogP contribution in [0.25, 0.3) is 0 Å². The predicted octanol–water partition coefficient (Wildman–Crippen LogP) is 3.78. The molecule has 2 unspecified atom stereocenters. The van der Waals surface area contributed by atoms with Gasteiger partial charge in [0.1, 0.15) is 30.0 Å². The van der Waals surface area contributed by atoms with Gasteiger partial charge in [0.15, 0.2) is 0 Å². The second-order valence-corrected chi connectivity index (χ2v) is 9.66. The molecule has 0 radical (unpaired) electrons. The van der Waals surface area contributed by atoms with Crippen molar-refractivity contribution in [3.05, 3.63) is 83.6 Å². The number of β-amino-alcohol motifs (C(OH)–C–C–N with tert-alkyl or cyclic N) is 1. The fourth-order valence-corrected chi connectivity index (χ4v) is 4.27. The van der Waals surface area contributed by atoms with E-state index in [-0.39, 0.29) is 24.1 Å². The smallest absolute Gasteiger partial charge is 0.248 e. The number of nitrogens with zero attached hydrogens (tertiary/aromatic N) is 1. The van der Waals surface area contributed by atoms with E-state index in [0.717, 1.165) is 24.2 Å². The number of aliphatic hydroxyl groups is 1. The number of hydrogen-bond donors (Lipinski definition) is 3. The lowest BCUT2D eigenvalue weighted by Gasteiger charge is -2.29. The van der Waals surface area contributed by atoms with E-state index in [0.29, 0.717) is 23.6 Å². The van der Waals surface area contributed by atoms with E-state index >= 15 is 0 Å². The van der Waals surface area contributed by atoms with Crippen molar-refractivity contribution < 1.29 is 19.4 Å². The van der Waals surface area contributed by atoms with Crippen molar-refractivity contribution in [2.24, 2.45) is 16.6 Å². The Morgan fingerprint density at radius 3 is 2.54 bits per heavy atom. The van der Waals surface area contributed by atoms with Crippen molar-refractivity contribution in [2.75, 3.05) is 13.2 Å². The Hall–Kier alpha value is -3.42. The van der Waals surface area contributed by atoms with E-state index < -0.39 is 12.0 Å². The Labute approximate surface area is 206 Å². The predicted molar refractivity (Wildman–Crippen MR) is 137 cm³/mol. The lowest BCUT2D eigenvalue weighted by Crippen LogP contribution is -2.46. The molecule has 35 heavy (non-hydrogen) atoms. The molecule has 184 valence electrons. The van der Waals surface area contributed by atoms with Crippen LogP contribution in [0.2, 0.25) is 0 Å². The second-order valence-electron chi connectivity index (χ2n) is 9.66. The SMILES string of the molecule is CC(C)(Cc1ccc(Oc2ccc(C(N)=O)cc2)cc1)NC[C@H](O)COC1=CC=CC2N=CCC12. The number of carbonyl (C=O) groups is 1. The largest absolute Gasteiger partial charge is 0.495 e. The first kappa shape index (κ1) is 24.7. The molecule has 3 atom stereocenters. The van der Waals surface area contributed by atoms with Crippen molar-refractivity contribution >= 4 is 12.1 Å². The first-order chi connectivity index (χ1) is 16.8. The van der Waals surface area contributed by atoms with Crippen LogP contribution >= 0.6 is 0 Å². The van der Waals surface area contributed by atoms with Gasteiger partial charge in [-0.1, -0.05) is 24.3 Å². The minimum atomic E-state index is -0.612. The molecule has 0 saturated heterocycles. The molecule has 2 aromatic carbocycles. The normalized spacial score (nSPS) is 19.7. The molecule has 1 aliphatic carbocycles. The van der Waals surface area contributed by atoms with E-state index in [1.807, 2.05) is 42.6 Å². The highest BCUT2D eigenvalue weighted by atomic mass is 16.5. The average Bonchev–Trinajstić information content (AvgIpc) is 3.32. The Balaban J connectivity index is 1.22. The zero-order valence-corrected chi connectivity index (χ0v) is 20.2. The maximum absolute atomic E-state index is 11.2. The average molecular weight is 476 g/mol. The van der Waals surface area contributed by atoms with Crippen LogP contribution < -0.4 is 15.8 Å². The maximum atomic E-state index is 11.2. The number of hydrogen-bond acceptors (Lipinski definition) is 6. The highest BCUT2D eigenvalue weighted by molar-refractivity contribution is 5.92. The van der Waals surface area contributed by atoms with E-state index in [9.17, 15) is 9.90 Å². The number of benzene rings is 2. The number of aliphatic hydroxyl groups excluding tert-OH is 1. The molecule has 0 bridgehead atoms. The van der Waals surface area contributed by atoms with E-state index in [2.05, 4.69) is 30.2 Å². The molecular weight excluding hydrogens is 442 g/mol. The summed E-state index contributed by atoms with van der Waals surface area (Å²) in [6, 6.07) is 14.8. The van der Waals surface area contributed by atoms with Gasteiger partial charge in [-0.15, -0.1) is 0 Å². The Morgan fingerprint density at radius 2 is 1.86 bits per heavy atom. The summed E-state index contributed by atoms with van der Waals surface area (Å²) in [7, 11) is 0. The molecule has 0 aromatic heterocycles. The van der Waals surface area contributed by atoms with Gasteiger partial charge in [0.25, 0.3) is 0 Å². The Bertz CT molecular complexity index is 1100. The topological polar surface area (TPSA) is 106 Å². The van der Waals surface area contributed by atoms with Gasteiger partial charge in [0, 0.05) is 29.8 Å². The van der Waals surface area contributed by atoms with Crippen molar-refractivity contribution in [1.82, 2.24) is 5.32 Å². The fraction of sp³-hybridized carbons (Fsp3) is 0.357. The zero-order chi connectivity index (χ0) is 24.8. The summed E-state index contributed by atoms with van der Waals surface area (Å²) in [6.45, 7) is 4.90. The molecule has 4 rings (SSSR count). The lowest BCUT2D eigenvalue weighted by atomic mass is 9.93. The minimum Gasteiger partial charge on any atom is -0.495 e. The Morgan fingerprint density at radius 1 is 1.17 bits per heavy atom.